The van der Waals surface area contributed by atoms with E-state index in [4.69, 9.17) is 19.4 Å². The summed E-state index contributed by atoms with van der Waals surface area (Å²) < 4.78 is 9.14. The first kappa shape index (κ1) is 31.9. The Morgan fingerprint density at radius 2 is 0.875 bits per heavy atom. The maximum atomic E-state index is 6.82. The molecule has 262 valence electrons. The summed E-state index contributed by atoms with van der Waals surface area (Å²) in [5.74, 6) is 1.90. The summed E-state index contributed by atoms with van der Waals surface area (Å²) in [6.45, 7) is 0. The average molecular weight is 717 g/mol. The summed E-state index contributed by atoms with van der Waals surface area (Å²) in [6, 6.07) is 67.4. The van der Waals surface area contributed by atoms with Crippen LogP contribution >= 0.6 is 0 Å². The van der Waals surface area contributed by atoms with Crippen molar-refractivity contribution in [3.05, 3.63) is 194 Å². The molecule has 5 heteroatoms. The summed E-state index contributed by atoms with van der Waals surface area (Å²) in [7, 11) is 0. The summed E-state index contributed by atoms with van der Waals surface area (Å²) in [5.41, 5.74) is 12.4. The van der Waals surface area contributed by atoms with Crippen LogP contribution in [0.15, 0.2) is 199 Å². The molecule has 0 aliphatic carbocycles. The molecule has 0 aliphatic rings. The maximum Gasteiger partial charge on any atom is 0.164 e. The van der Waals surface area contributed by atoms with E-state index in [1.54, 1.807) is 0 Å². The van der Waals surface area contributed by atoms with Crippen molar-refractivity contribution in [3.8, 4) is 62.1 Å². The molecule has 5 nitrogen and oxygen atoms in total. The molecule has 3 heterocycles. The Hall–Kier alpha value is -7.63. The van der Waals surface area contributed by atoms with Gasteiger partial charge in [-0.2, -0.15) is 0 Å². The largest absolute Gasteiger partial charge is 0.454 e. The standard InChI is InChI=1S/C51H32N4O/c1-4-14-33(15-5-1)34-26-28-35(29-27-34)39-21-13-25-46-47(39)41-22-12-24-45(48(41)56-46)55-43-23-11-10-20-40(43)42-32-38(30-31-44(42)55)51-53-49(36-16-6-2-7-17-36)52-50(54-51)37-18-8-3-9-19-37/h1-32H. The van der Waals surface area contributed by atoms with E-state index in [2.05, 4.69) is 132 Å². The fourth-order valence-electron chi connectivity index (χ4n) is 8.03. The molecule has 56 heavy (non-hydrogen) atoms. The molecule has 0 unspecified atom stereocenters. The van der Waals surface area contributed by atoms with Gasteiger partial charge in [-0.1, -0.05) is 158 Å². The molecule has 11 rings (SSSR count). The monoisotopic (exact) mass is 716 g/mol. The van der Waals surface area contributed by atoms with Crippen molar-refractivity contribution in [1.29, 1.82) is 0 Å². The minimum Gasteiger partial charge on any atom is -0.454 e. The van der Waals surface area contributed by atoms with Crippen LogP contribution in [-0.2, 0) is 0 Å². The van der Waals surface area contributed by atoms with Gasteiger partial charge >= 0.3 is 0 Å². The molecule has 3 aromatic heterocycles. The highest BCUT2D eigenvalue weighted by molar-refractivity contribution is 6.16. The van der Waals surface area contributed by atoms with Crippen molar-refractivity contribution >= 4 is 43.7 Å². The van der Waals surface area contributed by atoms with E-state index in [9.17, 15) is 0 Å². The molecule has 0 amide bonds. The second-order valence-corrected chi connectivity index (χ2v) is 14.0. The molecule has 0 spiro atoms. The number of rotatable bonds is 6. The van der Waals surface area contributed by atoms with Crippen LogP contribution in [0.4, 0.5) is 0 Å². The van der Waals surface area contributed by atoms with Crippen molar-refractivity contribution in [2.24, 2.45) is 0 Å². The summed E-state index contributed by atoms with van der Waals surface area (Å²) in [5, 5.41) is 4.43. The van der Waals surface area contributed by atoms with Crippen molar-refractivity contribution in [2.45, 2.75) is 0 Å². The average Bonchev–Trinajstić information content (AvgIpc) is 3.83. The molecular weight excluding hydrogens is 685 g/mol. The second kappa shape index (κ2) is 13.0. The Balaban J connectivity index is 1.07. The first-order valence-corrected chi connectivity index (χ1v) is 18.8. The number of fused-ring (bicyclic) bond motifs is 6. The molecule has 0 aliphatic heterocycles. The van der Waals surface area contributed by atoms with Gasteiger partial charge in [0.1, 0.15) is 5.58 Å². The molecular formula is C51H32N4O. The van der Waals surface area contributed by atoms with Crippen molar-refractivity contribution in [3.63, 3.8) is 0 Å². The number of benzene rings is 8. The number of hydrogen-bond acceptors (Lipinski definition) is 4. The van der Waals surface area contributed by atoms with Gasteiger partial charge in [0, 0.05) is 38.2 Å². The molecule has 11 aromatic rings. The summed E-state index contributed by atoms with van der Waals surface area (Å²) in [6.07, 6.45) is 0. The minimum atomic E-state index is 0.625. The van der Waals surface area contributed by atoms with Gasteiger partial charge in [-0.3, -0.25) is 0 Å². The third-order valence-corrected chi connectivity index (χ3v) is 10.7. The number of para-hydroxylation sites is 2. The van der Waals surface area contributed by atoms with Crippen LogP contribution in [0.2, 0.25) is 0 Å². The SMILES string of the molecule is c1ccc(-c2ccc(-c3cccc4oc5c(-n6c7ccccc7c7cc(-c8nc(-c9ccccc9)nc(-c9ccccc9)n8)ccc76)cccc5c34)cc2)cc1. The van der Waals surface area contributed by atoms with Gasteiger partial charge in [0.25, 0.3) is 0 Å². The molecule has 0 atom stereocenters. The van der Waals surface area contributed by atoms with Crippen LogP contribution in [-0.4, -0.2) is 19.5 Å². The Morgan fingerprint density at radius 3 is 1.57 bits per heavy atom. The van der Waals surface area contributed by atoms with E-state index < -0.39 is 0 Å². The Morgan fingerprint density at radius 1 is 0.357 bits per heavy atom. The summed E-state index contributed by atoms with van der Waals surface area (Å²) >= 11 is 0. The maximum absolute atomic E-state index is 6.82. The molecule has 0 saturated heterocycles. The normalized spacial score (nSPS) is 11.6. The topological polar surface area (TPSA) is 56.7 Å². The molecule has 0 bridgehead atoms. The molecule has 0 radical (unpaired) electrons. The highest BCUT2D eigenvalue weighted by Crippen LogP contribution is 2.42. The van der Waals surface area contributed by atoms with E-state index in [-0.39, 0.29) is 0 Å². The van der Waals surface area contributed by atoms with E-state index in [1.165, 1.54) is 11.1 Å². The minimum absolute atomic E-state index is 0.625. The van der Waals surface area contributed by atoms with E-state index in [1.807, 2.05) is 66.7 Å². The fourth-order valence-corrected chi connectivity index (χ4v) is 8.03. The van der Waals surface area contributed by atoms with Crippen LogP contribution in [0, 0.1) is 0 Å². The number of hydrogen-bond donors (Lipinski definition) is 0. The van der Waals surface area contributed by atoms with Gasteiger partial charge in [-0.25, -0.2) is 15.0 Å². The summed E-state index contributed by atoms with van der Waals surface area (Å²) in [4.78, 5) is 15.0. The van der Waals surface area contributed by atoms with Crippen LogP contribution in [0.25, 0.3) is 106 Å². The van der Waals surface area contributed by atoms with Crippen LogP contribution in [0.1, 0.15) is 0 Å². The third-order valence-electron chi connectivity index (χ3n) is 10.7. The van der Waals surface area contributed by atoms with Crippen LogP contribution in [0.5, 0.6) is 0 Å². The van der Waals surface area contributed by atoms with E-state index in [0.29, 0.717) is 17.5 Å². The zero-order valence-corrected chi connectivity index (χ0v) is 30.2. The number of aromatic nitrogens is 4. The van der Waals surface area contributed by atoms with Crippen LogP contribution in [0.3, 0.4) is 0 Å². The quantitative estimate of drug-likeness (QED) is 0.172. The van der Waals surface area contributed by atoms with Gasteiger partial charge in [0.2, 0.25) is 0 Å². The lowest BCUT2D eigenvalue weighted by Gasteiger charge is -2.10. The van der Waals surface area contributed by atoms with Gasteiger partial charge in [0.05, 0.1) is 16.7 Å². The molecule has 8 aromatic carbocycles. The van der Waals surface area contributed by atoms with Gasteiger partial charge in [-0.05, 0) is 58.7 Å². The zero-order chi connectivity index (χ0) is 37.0. The first-order valence-electron chi connectivity index (χ1n) is 18.8. The Bertz CT molecular complexity index is 3160. The third kappa shape index (κ3) is 5.29. The first-order chi connectivity index (χ1) is 27.8. The lowest BCUT2D eigenvalue weighted by molar-refractivity contribution is 0.666. The van der Waals surface area contributed by atoms with E-state index in [0.717, 1.165) is 77.2 Å². The van der Waals surface area contributed by atoms with E-state index >= 15 is 0 Å². The van der Waals surface area contributed by atoms with Crippen molar-refractivity contribution in [2.75, 3.05) is 0 Å². The van der Waals surface area contributed by atoms with Gasteiger partial charge < -0.3 is 8.98 Å². The smallest absolute Gasteiger partial charge is 0.164 e. The lowest BCUT2D eigenvalue weighted by atomic mass is 9.97. The molecule has 0 fully saturated rings. The zero-order valence-electron chi connectivity index (χ0n) is 30.2. The Labute approximate surface area is 322 Å². The van der Waals surface area contributed by atoms with Crippen LogP contribution < -0.4 is 0 Å². The second-order valence-electron chi connectivity index (χ2n) is 14.0. The fraction of sp³-hybridized carbons (Fsp3) is 0. The Kier molecular flexibility index (Phi) is 7.42. The van der Waals surface area contributed by atoms with Crippen molar-refractivity contribution < 1.29 is 4.42 Å². The van der Waals surface area contributed by atoms with Gasteiger partial charge in [-0.15, -0.1) is 0 Å². The van der Waals surface area contributed by atoms with Crippen molar-refractivity contribution in [1.82, 2.24) is 19.5 Å². The highest BCUT2D eigenvalue weighted by atomic mass is 16.3. The highest BCUT2D eigenvalue weighted by Gasteiger charge is 2.21. The lowest BCUT2D eigenvalue weighted by Crippen LogP contribution is -2.00. The predicted octanol–water partition coefficient (Wildman–Crippen LogP) is 13.2. The number of nitrogens with zero attached hydrogens (tertiary/aromatic N) is 4. The predicted molar refractivity (Wildman–Crippen MR) is 229 cm³/mol. The number of furan rings is 1. The molecule has 0 N–H and O–H groups in total. The van der Waals surface area contributed by atoms with Gasteiger partial charge in [0.15, 0.2) is 23.1 Å². The molecule has 0 saturated carbocycles.